The smallest absolute Gasteiger partial charge is 0.0848 e. The lowest BCUT2D eigenvalue weighted by Crippen LogP contribution is -2.17. The Labute approximate surface area is 56.9 Å². The van der Waals surface area contributed by atoms with Gasteiger partial charge in [-0.05, 0) is 12.8 Å². The molecule has 0 spiro atoms. The van der Waals surface area contributed by atoms with Crippen molar-refractivity contribution in [3.8, 4) is 0 Å². The molecule has 0 aliphatic rings. The van der Waals surface area contributed by atoms with Gasteiger partial charge in [0, 0.05) is 6.20 Å². The fraction of sp³-hybridized carbons (Fsp3) is 0.714. The van der Waals surface area contributed by atoms with Crippen LogP contribution >= 0.6 is 0 Å². The van der Waals surface area contributed by atoms with Crippen molar-refractivity contribution < 1.29 is 4.84 Å². The second-order valence-corrected chi connectivity index (χ2v) is 1.88. The van der Waals surface area contributed by atoms with E-state index in [0.717, 1.165) is 12.8 Å². The Kier molecular flexibility index (Phi) is 5.32. The topological polar surface area (TPSA) is 21.3 Å². The number of hydroxylamine groups is 1. The molecule has 0 heterocycles. The van der Waals surface area contributed by atoms with Gasteiger partial charge in [0.2, 0.25) is 0 Å². The first kappa shape index (κ1) is 8.50. The lowest BCUT2D eigenvalue weighted by Gasteiger charge is -2.11. The normalized spacial score (nSPS) is 9.67. The molecular weight excluding hydrogens is 114 g/mol. The highest BCUT2D eigenvalue weighted by Crippen LogP contribution is 1.99. The molecule has 2 heteroatoms. The van der Waals surface area contributed by atoms with E-state index in [0.29, 0.717) is 6.10 Å². The van der Waals surface area contributed by atoms with E-state index in [1.54, 1.807) is 6.20 Å². The Morgan fingerprint density at radius 2 is 2.11 bits per heavy atom. The Bertz CT molecular complexity index is 69.3. The molecule has 54 valence electrons. The molecule has 2 nitrogen and oxygen atoms in total. The van der Waals surface area contributed by atoms with E-state index >= 15 is 0 Å². The summed E-state index contributed by atoms with van der Waals surface area (Å²) in [5.74, 6) is 0. The first-order chi connectivity index (χ1) is 4.35. The summed E-state index contributed by atoms with van der Waals surface area (Å²) in [6, 6.07) is 0. The second kappa shape index (κ2) is 5.63. The van der Waals surface area contributed by atoms with E-state index in [9.17, 15) is 0 Å². The predicted octanol–water partition coefficient (Wildman–Crippen LogP) is 1.84. The van der Waals surface area contributed by atoms with Gasteiger partial charge in [-0.15, -0.1) is 0 Å². The molecule has 0 radical (unpaired) electrons. The van der Waals surface area contributed by atoms with Crippen molar-refractivity contribution in [2.24, 2.45) is 0 Å². The number of nitrogens with one attached hydrogen (secondary N) is 1. The summed E-state index contributed by atoms with van der Waals surface area (Å²) < 4.78 is 0. The first-order valence-electron chi connectivity index (χ1n) is 3.37. The molecule has 0 aromatic carbocycles. The quantitative estimate of drug-likeness (QED) is 0.572. The van der Waals surface area contributed by atoms with Crippen LogP contribution < -0.4 is 5.48 Å². The third kappa shape index (κ3) is 4.03. The van der Waals surface area contributed by atoms with E-state index in [-0.39, 0.29) is 0 Å². The average Bonchev–Trinajstić information content (AvgIpc) is 1.91. The summed E-state index contributed by atoms with van der Waals surface area (Å²) in [5, 5.41) is 0. The van der Waals surface area contributed by atoms with Crippen LogP contribution in [-0.4, -0.2) is 6.10 Å². The summed E-state index contributed by atoms with van der Waals surface area (Å²) in [6.07, 6.45) is 3.94. The second-order valence-electron chi connectivity index (χ2n) is 1.88. The Balaban J connectivity index is 3.19. The lowest BCUT2D eigenvalue weighted by molar-refractivity contribution is -0.00464. The van der Waals surface area contributed by atoms with Gasteiger partial charge < -0.3 is 0 Å². The number of hydrogen-bond acceptors (Lipinski definition) is 2. The zero-order valence-corrected chi connectivity index (χ0v) is 6.18. The van der Waals surface area contributed by atoms with Crippen molar-refractivity contribution >= 4 is 0 Å². The van der Waals surface area contributed by atoms with Crippen molar-refractivity contribution in [1.29, 1.82) is 0 Å². The van der Waals surface area contributed by atoms with Gasteiger partial charge in [-0.1, -0.05) is 20.4 Å². The van der Waals surface area contributed by atoms with E-state index in [2.05, 4.69) is 25.9 Å². The SMILES string of the molecule is C=CNOC(CC)CC. The monoisotopic (exact) mass is 129 g/mol. The average molecular weight is 129 g/mol. The highest BCUT2D eigenvalue weighted by Gasteiger charge is 1.99. The third-order valence-electron chi connectivity index (χ3n) is 1.23. The van der Waals surface area contributed by atoms with E-state index in [4.69, 9.17) is 4.84 Å². The van der Waals surface area contributed by atoms with E-state index in [1.165, 1.54) is 0 Å². The molecule has 0 fully saturated rings. The Morgan fingerprint density at radius 1 is 1.56 bits per heavy atom. The molecule has 0 amide bonds. The molecule has 0 saturated heterocycles. The minimum absolute atomic E-state index is 0.322. The van der Waals surface area contributed by atoms with Crippen LogP contribution in [0.5, 0.6) is 0 Å². The summed E-state index contributed by atoms with van der Waals surface area (Å²) in [7, 11) is 0. The highest BCUT2D eigenvalue weighted by atomic mass is 16.7. The molecule has 0 bridgehead atoms. The van der Waals surface area contributed by atoms with Gasteiger partial charge in [-0.2, -0.15) is 0 Å². The molecular formula is C7H15NO. The highest BCUT2D eigenvalue weighted by molar-refractivity contribution is 4.56. The van der Waals surface area contributed by atoms with Crippen LogP contribution in [0.4, 0.5) is 0 Å². The fourth-order valence-electron chi connectivity index (χ4n) is 0.600. The van der Waals surface area contributed by atoms with Gasteiger partial charge in [-0.25, -0.2) is 0 Å². The fourth-order valence-corrected chi connectivity index (χ4v) is 0.600. The summed E-state index contributed by atoms with van der Waals surface area (Å²) >= 11 is 0. The molecule has 0 aromatic heterocycles. The number of rotatable bonds is 5. The maximum absolute atomic E-state index is 5.12. The molecule has 0 aliphatic carbocycles. The van der Waals surface area contributed by atoms with E-state index in [1.807, 2.05) is 0 Å². The van der Waals surface area contributed by atoms with Crippen molar-refractivity contribution in [2.45, 2.75) is 32.8 Å². The summed E-state index contributed by atoms with van der Waals surface area (Å²) in [4.78, 5) is 5.12. The van der Waals surface area contributed by atoms with Crippen LogP contribution in [-0.2, 0) is 4.84 Å². The van der Waals surface area contributed by atoms with Gasteiger partial charge in [0.15, 0.2) is 0 Å². The zero-order chi connectivity index (χ0) is 7.11. The third-order valence-corrected chi connectivity index (χ3v) is 1.23. The summed E-state index contributed by atoms with van der Waals surface area (Å²) in [6.45, 7) is 7.66. The zero-order valence-electron chi connectivity index (χ0n) is 6.18. The molecule has 0 aromatic rings. The maximum atomic E-state index is 5.12. The Hall–Kier alpha value is -0.500. The molecule has 0 atom stereocenters. The van der Waals surface area contributed by atoms with Gasteiger partial charge >= 0.3 is 0 Å². The van der Waals surface area contributed by atoms with E-state index < -0.39 is 0 Å². The molecule has 0 saturated carbocycles. The largest absolute Gasteiger partial charge is 0.275 e. The minimum atomic E-state index is 0.322. The molecule has 1 N–H and O–H groups in total. The lowest BCUT2D eigenvalue weighted by atomic mass is 10.2. The maximum Gasteiger partial charge on any atom is 0.0848 e. The summed E-state index contributed by atoms with van der Waals surface area (Å²) in [5.41, 5.74) is 2.61. The van der Waals surface area contributed by atoms with Crippen LogP contribution in [0, 0.1) is 0 Å². The van der Waals surface area contributed by atoms with Crippen molar-refractivity contribution in [1.82, 2.24) is 5.48 Å². The van der Waals surface area contributed by atoms with Crippen molar-refractivity contribution in [3.63, 3.8) is 0 Å². The van der Waals surface area contributed by atoms with Crippen LogP contribution in [0.1, 0.15) is 26.7 Å². The molecule has 9 heavy (non-hydrogen) atoms. The molecule has 0 unspecified atom stereocenters. The van der Waals surface area contributed by atoms with Crippen LogP contribution in [0.2, 0.25) is 0 Å². The number of hydrogen-bond donors (Lipinski definition) is 1. The van der Waals surface area contributed by atoms with Gasteiger partial charge in [0.1, 0.15) is 0 Å². The van der Waals surface area contributed by atoms with Crippen LogP contribution in [0.25, 0.3) is 0 Å². The van der Waals surface area contributed by atoms with Gasteiger partial charge in [0.25, 0.3) is 0 Å². The minimum Gasteiger partial charge on any atom is -0.275 e. The van der Waals surface area contributed by atoms with Crippen LogP contribution in [0.3, 0.4) is 0 Å². The van der Waals surface area contributed by atoms with Crippen molar-refractivity contribution in [3.05, 3.63) is 12.8 Å². The Morgan fingerprint density at radius 3 is 2.44 bits per heavy atom. The van der Waals surface area contributed by atoms with Crippen LogP contribution in [0.15, 0.2) is 12.8 Å². The molecule has 0 aliphatic heterocycles. The first-order valence-corrected chi connectivity index (χ1v) is 3.37. The van der Waals surface area contributed by atoms with Crippen molar-refractivity contribution in [2.75, 3.05) is 0 Å². The van der Waals surface area contributed by atoms with Gasteiger partial charge in [-0.3, -0.25) is 10.3 Å². The predicted molar refractivity (Wildman–Crippen MR) is 38.8 cm³/mol. The molecule has 0 rings (SSSR count). The standard InChI is InChI=1S/C7H15NO/c1-4-7(5-2)9-8-6-3/h6-8H,3-5H2,1-2H3. The van der Waals surface area contributed by atoms with Gasteiger partial charge in [0.05, 0.1) is 6.10 Å².